The highest BCUT2D eigenvalue weighted by atomic mass is 35.5. The predicted molar refractivity (Wildman–Crippen MR) is 111 cm³/mol. The van der Waals surface area contributed by atoms with E-state index < -0.39 is 28.9 Å². The molecule has 3 aliphatic carbocycles. The summed E-state index contributed by atoms with van der Waals surface area (Å²) in [5, 5.41) is 10.1. The number of amides is 2. The van der Waals surface area contributed by atoms with Crippen LogP contribution in [0.15, 0.2) is 12.3 Å². The van der Waals surface area contributed by atoms with E-state index in [-0.39, 0.29) is 47.7 Å². The minimum Gasteiger partial charge on any atom is -0.390 e. The fourth-order valence-corrected chi connectivity index (χ4v) is 5.75. The molecule has 2 aromatic rings. The van der Waals surface area contributed by atoms with Crippen molar-refractivity contribution < 1.29 is 27.9 Å². The lowest BCUT2D eigenvalue weighted by Crippen LogP contribution is -2.55. The molecule has 4 aliphatic rings. The Morgan fingerprint density at radius 2 is 2.00 bits per heavy atom. The Labute approximate surface area is 192 Å². The summed E-state index contributed by atoms with van der Waals surface area (Å²) in [6, 6.07) is 1.06. The van der Waals surface area contributed by atoms with E-state index in [9.17, 15) is 27.9 Å². The highest BCUT2D eigenvalue weighted by molar-refractivity contribution is 6.33. The molecular weight excluding hydrogens is 461 g/mol. The van der Waals surface area contributed by atoms with Crippen LogP contribution in [0, 0.1) is 5.92 Å². The monoisotopic (exact) mass is 482 g/mol. The molecule has 3 unspecified atom stereocenters. The predicted octanol–water partition coefficient (Wildman–Crippen LogP) is 3.08. The molecule has 11 heteroatoms. The van der Waals surface area contributed by atoms with Gasteiger partial charge >= 0.3 is 6.18 Å². The quantitative estimate of drug-likeness (QED) is 0.729. The molecular formula is C22H22ClF3N4O3. The molecule has 1 aliphatic heterocycles. The number of piperazine rings is 1. The summed E-state index contributed by atoms with van der Waals surface area (Å²) in [7, 11) is 0. The molecule has 0 radical (unpaired) electrons. The van der Waals surface area contributed by atoms with Gasteiger partial charge in [-0.3, -0.25) is 14.0 Å². The molecule has 1 N–H and O–H groups in total. The normalized spacial score (nSPS) is 29.7. The zero-order valence-electron chi connectivity index (χ0n) is 17.6. The van der Waals surface area contributed by atoms with Crippen molar-refractivity contribution in [2.75, 3.05) is 19.6 Å². The van der Waals surface area contributed by atoms with Crippen molar-refractivity contribution in [1.29, 1.82) is 0 Å². The summed E-state index contributed by atoms with van der Waals surface area (Å²) >= 11 is 6.36. The number of nitrogens with zero attached hydrogens (tertiary/aromatic N) is 4. The van der Waals surface area contributed by atoms with Crippen molar-refractivity contribution >= 4 is 29.1 Å². The van der Waals surface area contributed by atoms with Gasteiger partial charge in [0.05, 0.1) is 11.2 Å². The topological polar surface area (TPSA) is 78.2 Å². The molecule has 6 rings (SSSR count). The zero-order valence-corrected chi connectivity index (χ0v) is 18.4. The second-order valence-electron chi connectivity index (χ2n) is 9.82. The van der Waals surface area contributed by atoms with Crippen molar-refractivity contribution in [3.05, 3.63) is 34.2 Å². The minimum atomic E-state index is -4.64. The highest BCUT2D eigenvalue weighted by Crippen LogP contribution is 2.56. The molecule has 33 heavy (non-hydrogen) atoms. The van der Waals surface area contributed by atoms with E-state index >= 15 is 0 Å². The summed E-state index contributed by atoms with van der Waals surface area (Å²) in [5.41, 5.74) is -1.74. The van der Waals surface area contributed by atoms with Crippen LogP contribution < -0.4 is 0 Å². The lowest BCUT2D eigenvalue weighted by molar-refractivity contribution is -0.138. The molecule has 1 saturated heterocycles. The van der Waals surface area contributed by atoms with Crippen molar-refractivity contribution in [2.24, 2.45) is 5.92 Å². The van der Waals surface area contributed by atoms with Gasteiger partial charge < -0.3 is 14.9 Å². The first-order valence-corrected chi connectivity index (χ1v) is 11.5. The maximum absolute atomic E-state index is 13.7. The largest absolute Gasteiger partial charge is 0.419 e. The number of aliphatic hydroxyl groups is 1. The van der Waals surface area contributed by atoms with Crippen LogP contribution in [0.2, 0.25) is 5.15 Å². The number of fused-ring (bicyclic) bond motifs is 2. The summed E-state index contributed by atoms with van der Waals surface area (Å²) in [4.78, 5) is 32.9. The van der Waals surface area contributed by atoms with Crippen molar-refractivity contribution in [3.63, 3.8) is 0 Å². The van der Waals surface area contributed by atoms with E-state index in [1.54, 1.807) is 4.90 Å². The van der Waals surface area contributed by atoms with Gasteiger partial charge in [-0.05, 0) is 55.6 Å². The molecule has 3 atom stereocenters. The third-order valence-corrected chi connectivity index (χ3v) is 7.93. The lowest BCUT2D eigenvalue weighted by Gasteiger charge is -2.38. The molecule has 0 bridgehead atoms. The number of carbonyl (C=O) groups excluding carboxylic acids is 2. The van der Waals surface area contributed by atoms with Crippen molar-refractivity contribution in [3.8, 4) is 0 Å². The summed E-state index contributed by atoms with van der Waals surface area (Å²) in [6.45, 7) is 0.346. The van der Waals surface area contributed by atoms with Crippen LogP contribution in [-0.2, 0) is 11.0 Å². The van der Waals surface area contributed by atoms with Gasteiger partial charge in [-0.15, -0.1) is 0 Å². The number of aromatic nitrogens is 2. The fourth-order valence-electron chi connectivity index (χ4n) is 5.50. The zero-order chi connectivity index (χ0) is 23.3. The number of imidazole rings is 1. The maximum atomic E-state index is 13.7. The van der Waals surface area contributed by atoms with E-state index in [0.717, 1.165) is 36.2 Å². The van der Waals surface area contributed by atoms with Crippen LogP contribution in [0.25, 0.3) is 5.65 Å². The number of halogens is 4. The van der Waals surface area contributed by atoms with Crippen LogP contribution in [0.4, 0.5) is 13.2 Å². The Morgan fingerprint density at radius 3 is 2.61 bits per heavy atom. The first kappa shape index (κ1) is 21.2. The molecule has 4 fully saturated rings. The Kier molecular flexibility index (Phi) is 4.40. The van der Waals surface area contributed by atoms with E-state index in [1.807, 2.05) is 0 Å². The SMILES string of the molecule is O=C(c1nc2c(C(F)(F)F)cc(C3CC3)cn2c1Cl)N1CCN(C2CC3CC3(O)C2)C(=O)C1. The van der Waals surface area contributed by atoms with Gasteiger partial charge in [0.1, 0.15) is 11.7 Å². The lowest BCUT2D eigenvalue weighted by atomic mass is 10.1. The summed E-state index contributed by atoms with van der Waals surface area (Å²) in [5.74, 6) is -0.601. The molecule has 3 heterocycles. The minimum absolute atomic E-state index is 0.0347. The standard InChI is InChI=1S/C22H22ClF3N4O3/c23-18-17(27-19-15(22(24,25)26)5-12(9-30(18)19)11-1-2-11)20(32)28-3-4-29(16(31)10-28)14-6-13-7-21(13,33)8-14/h5,9,11,13-14,33H,1-4,6-8,10H2. The van der Waals surface area contributed by atoms with E-state index in [1.165, 1.54) is 11.1 Å². The van der Waals surface area contributed by atoms with Gasteiger partial charge in [0, 0.05) is 25.3 Å². The molecule has 176 valence electrons. The third-order valence-electron chi connectivity index (χ3n) is 7.57. The van der Waals surface area contributed by atoms with Gasteiger partial charge in [0.2, 0.25) is 5.91 Å². The molecule has 3 saturated carbocycles. The van der Waals surface area contributed by atoms with Crippen LogP contribution in [0.5, 0.6) is 0 Å². The summed E-state index contributed by atoms with van der Waals surface area (Å²) in [6.07, 6.45) is 0.601. The molecule has 0 aromatic carbocycles. The van der Waals surface area contributed by atoms with Crippen molar-refractivity contribution in [2.45, 2.75) is 55.8 Å². The molecule has 2 aromatic heterocycles. The Hall–Kier alpha value is -2.33. The van der Waals surface area contributed by atoms with Gasteiger partial charge in [0.25, 0.3) is 5.91 Å². The van der Waals surface area contributed by atoms with Crippen molar-refractivity contribution in [1.82, 2.24) is 19.2 Å². The number of pyridine rings is 1. The Morgan fingerprint density at radius 1 is 1.24 bits per heavy atom. The number of hydrogen-bond donors (Lipinski definition) is 1. The number of rotatable bonds is 3. The number of hydrogen-bond acceptors (Lipinski definition) is 4. The first-order chi connectivity index (χ1) is 15.5. The van der Waals surface area contributed by atoms with Gasteiger partial charge in [-0.1, -0.05) is 11.6 Å². The van der Waals surface area contributed by atoms with Crippen LogP contribution in [0.3, 0.4) is 0 Å². The van der Waals surface area contributed by atoms with Crippen LogP contribution in [0.1, 0.15) is 59.6 Å². The maximum Gasteiger partial charge on any atom is 0.419 e. The number of alkyl halides is 3. The average molecular weight is 483 g/mol. The second kappa shape index (κ2) is 6.85. The van der Waals surface area contributed by atoms with Gasteiger partial charge in [-0.25, -0.2) is 4.98 Å². The Balaban J connectivity index is 1.26. The second-order valence-corrected chi connectivity index (χ2v) is 10.2. The smallest absolute Gasteiger partial charge is 0.390 e. The average Bonchev–Trinajstić information content (AvgIpc) is 3.65. The third kappa shape index (κ3) is 3.41. The van der Waals surface area contributed by atoms with E-state index in [4.69, 9.17) is 11.6 Å². The van der Waals surface area contributed by atoms with Gasteiger partial charge in [0.15, 0.2) is 11.3 Å². The Bertz CT molecular complexity index is 1190. The fraction of sp³-hybridized carbons (Fsp3) is 0.591. The molecule has 0 spiro atoms. The number of carbonyl (C=O) groups is 2. The van der Waals surface area contributed by atoms with E-state index in [0.29, 0.717) is 18.5 Å². The van der Waals surface area contributed by atoms with Gasteiger partial charge in [-0.2, -0.15) is 13.2 Å². The first-order valence-electron chi connectivity index (χ1n) is 11.1. The highest BCUT2D eigenvalue weighted by Gasteiger charge is 2.60. The van der Waals surface area contributed by atoms with Crippen LogP contribution >= 0.6 is 11.6 Å². The summed E-state index contributed by atoms with van der Waals surface area (Å²) < 4.78 is 42.3. The van der Waals surface area contributed by atoms with Crippen LogP contribution in [-0.4, -0.2) is 67.4 Å². The molecule has 7 nitrogen and oxygen atoms in total. The molecule has 2 amide bonds. The van der Waals surface area contributed by atoms with E-state index in [2.05, 4.69) is 4.98 Å².